The van der Waals surface area contributed by atoms with E-state index in [9.17, 15) is 4.79 Å². The Morgan fingerprint density at radius 2 is 2.00 bits per heavy atom. The van der Waals surface area contributed by atoms with E-state index in [2.05, 4.69) is 10.5 Å². The maximum Gasteiger partial charge on any atom is 0.258 e. The van der Waals surface area contributed by atoms with E-state index in [-0.39, 0.29) is 16.3 Å². The topological polar surface area (TPSA) is 55.1 Å². The molecule has 0 fully saturated rings. The number of nitrogens with one attached hydrogen (secondary N) is 1. The summed E-state index contributed by atoms with van der Waals surface area (Å²) in [6, 6.07) is 6.56. The molecule has 2 rings (SSSR count). The van der Waals surface area contributed by atoms with Crippen molar-refractivity contribution in [3.05, 3.63) is 45.6 Å². The van der Waals surface area contributed by atoms with Gasteiger partial charge in [0.2, 0.25) is 0 Å². The number of carbonyl (C=O) groups excluding carboxylic acids is 1. The molecule has 1 aromatic heterocycles. The fraction of sp³-hybridized carbons (Fsp3) is 0.286. The molecule has 106 valence electrons. The van der Waals surface area contributed by atoms with Gasteiger partial charge in [-0.2, -0.15) is 0 Å². The molecule has 4 nitrogen and oxygen atoms in total. The molecule has 0 aliphatic heterocycles. The SMILES string of the molecule is CC(C)(C)c1cc(NC(=O)c2cccc(Cl)c2Cl)no1. The van der Waals surface area contributed by atoms with E-state index in [0.29, 0.717) is 22.2 Å². The average molecular weight is 313 g/mol. The number of carbonyl (C=O) groups is 1. The van der Waals surface area contributed by atoms with Crippen molar-refractivity contribution in [1.82, 2.24) is 5.16 Å². The quantitative estimate of drug-likeness (QED) is 0.886. The molecule has 0 aliphatic carbocycles. The van der Waals surface area contributed by atoms with Crippen LogP contribution in [0.25, 0.3) is 0 Å². The standard InChI is InChI=1S/C14H14Cl2N2O2/c1-14(2,3)10-7-11(18-20-10)17-13(19)8-5-4-6-9(15)12(8)16/h4-7H,1-3H3,(H,17,18,19). The summed E-state index contributed by atoms with van der Waals surface area (Å²) in [4.78, 5) is 12.1. The fourth-order valence-corrected chi connectivity index (χ4v) is 1.94. The average Bonchev–Trinajstić information content (AvgIpc) is 2.81. The highest BCUT2D eigenvalue weighted by molar-refractivity contribution is 6.44. The molecule has 1 heterocycles. The Morgan fingerprint density at radius 1 is 1.30 bits per heavy atom. The predicted octanol–water partition coefficient (Wildman–Crippen LogP) is 4.53. The molecule has 2 aromatic rings. The minimum absolute atomic E-state index is 0.177. The van der Waals surface area contributed by atoms with Crippen LogP contribution in [0.2, 0.25) is 10.0 Å². The van der Waals surface area contributed by atoms with Crippen molar-refractivity contribution in [2.75, 3.05) is 5.32 Å². The fourth-order valence-electron chi connectivity index (χ4n) is 1.55. The Kier molecular flexibility index (Phi) is 4.06. The number of anilines is 1. The predicted molar refractivity (Wildman–Crippen MR) is 79.6 cm³/mol. The van der Waals surface area contributed by atoms with Crippen molar-refractivity contribution >= 4 is 34.9 Å². The molecule has 0 radical (unpaired) electrons. The van der Waals surface area contributed by atoms with E-state index in [0.717, 1.165) is 0 Å². The maximum atomic E-state index is 12.1. The number of nitrogens with zero attached hydrogens (tertiary/aromatic N) is 1. The smallest absolute Gasteiger partial charge is 0.258 e. The van der Waals surface area contributed by atoms with Crippen molar-refractivity contribution in [3.8, 4) is 0 Å². The van der Waals surface area contributed by atoms with Crippen LogP contribution >= 0.6 is 23.2 Å². The summed E-state index contributed by atoms with van der Waals surface area (Å²) < 4.78 is 5.20. The van der Waals surface area contributed by atoms with Gasteiger partial charge in [-0.3, -0.25) is 4.79 Å². The van der Waals surface area contributed by atoms with Gasteiger partial charge in [-0.05, 0) is 12.1 Å². The maximum absolute atomic E-state index is 12.1. The highest BCUT2D eigenvalue weighted by Gasteiger charge is 2.21. The summed E-state index contributed by atoms with van der Waals surface area (Å²) in [5, 5.41) is 6.99. The van der Waals surface area contributed by atoms with Gasteiger partial charge in [0.1, 0.15) is 5.76 Å². The van der Waals surface area contributed by atoms with E-state index in [1.807, 2.05) is 20.8 Å². The van der Waals surface area contributed by atoms with Gasteiger partial charge < -0.3 is 9.84 Å². The zero-order valence-corrected chi connectivity index (χ0v) is 12.8. The van der Waals surface area contributed by atoms with Crippen LogP contribution in [0, 0.1) is 0 Å². The second-order valence-corrected chi connectivity index (χ2v) is 6.17. The van der Waals surface area contributed by atoms with Crippen LogP contribution in [-0.4, -0.2) is 11.1 Å². The summed E-state index contributed by atoms with van der Waals surface area (Å²) in [7, 11) is 0. The van der Waals surface area contributed by atoms with Gasteiger partial charge in [0, 0.05) is 11.5 Å². The van der Waals surface area contributed by atoms with Crippen LogP contribution in [0.15, 0.2) is 28.8 Å². The molecule has 0 spiro atoms. The van der Waals surface area contributed by atoms with Gasteiger partial charge >= 0.3 is 0 Å². The first kappa shape index (κ1) is 14.9. The minimum Gasteiger partial charge on any atom is -0.359 e. The molecule has 0 aliphatic rings. The highest BCUT2D eigenvalue weighted by Crippen LogP contribution is 2.27. The summed E-state index contributed by atoms with van der Waals surface area (Å²) in [5.74, 6) is 0.646. The zero-order chi connectivity index (χ0) is 14.9. The third-order valence-corrected chi connectivity index (χ3v) is 3.51. The molecule has 0 saturated carbocycles. The van der Waals surface area contributed by atoms with Crippen LogP contribution in [0.5, 0.6) is 0 Å². The Hall–Kier alpha value is -1.52. The third kappa shape index (κ3) is 3.14. The minimum atomic E-state index is -0.383. The summed E-state index contributed by atoms with van der Waals surface area (Å²) in [6.07, 6.45) is 0. The van der Waals surface area contributed by atoms with Crippen molar-refractivity contribution in [1.29, 1.82) is 0 Å². The van der Waals surface area contributed by atoms with Gasteiger partial charge in [-0.25, -0.2) is 0 Å². The number of halogens is 2. The van der Waals surface area contributed by atoms with E-state index < -0.39 is 0 Å². The molecular formula is C14H14Cl2N2O2. The first-order valence-corrected chi connectivity index (χ1v) is 6.77. The lowest BCUT2D eigenvalue weighted by molar-refractivity contribution is 0.102. The van der Waals surface area contributed by atoms with Gasteiger partial charge in [-0.15, -0.1) is 0 Å². The Balaban J connectivity index is 2.20. The molecule has 0 bridgehead atoms. The van der Waals surface area contributed by atoms with Crippen LogP contribution in [-0.2, 0) is 5.41 Å². The summed E-state index contributed by atoms with van der Waals surface area (Å²) in [5.41, 5.74) is 0.114. The number of amides is 1. The van der Waals surface area contributed by atoms with Crippen molar-refractivity contribution in [2.45, 2.75) is 26.2 Å². The Bertz CT molecular complexity index is 645. The Morgan fingerprint density at radius 3 is 2.60 bits per heavy atom. The van der Waals surface area contributed by atoms with Crippen molar-refractivity contribution in [2.24, 2.45) is 0 Å². The van der Waals surface area contributed by atoms with Gasteiger partial charge in [-0.1, -0.05) is 55.2 Å². The van der Waals surface area contributed by atoms with Crippen LogP contribution in [0.1, 0.15) is 36.9 Å². The first-order chi connectivity index (χ1) is 9.29. The molecule has 1 aromatic carbocycles. The van der Waals surface area contributed by atoms with Crippen LogP contribution in [0.3, 0.4) is 0 Å². The zero-order valence-electron chi connectivity index (χ0n) is 11.3. The second-order valence-electron chi connectivity index (χ2n) is 5.38. The van der Waals surface area contributed by atoms with Crippen LogP contribution < -0.4 is 5.32 Å². The molecule has 6 heteroatoms. The molecule has 20 heavy (non-hydrogen) atoms. The largest absolute Gasteiger partial charge is 0.359 e. The number of hydrogen-bond acceptors (Lipinski definition) is 3. The van der Waals surface area contributed by atoms with Gasteiger partial charge in [0.25, 0.3) is 5.91 Å². The molecule has 1 N–H and O–H groups in total. The first-order valence-electron chi connectivity index (χ1n) is 6.01. The lowest BCUT2D eigenvalue weighted by Crippen LogP contribution is -2.13. The molecule has 1 amide bonds. The molecule has 0 saturated heterocycles. The monoisotopic (exact) mass is 312 g/mol. The number of hydrogen-bond donors (Lipinski definition) is 1. The third-order valence-electron chi connectivity index (χ3n) is 2.69. The lowest BCUT2D eigenvalue weighted by atomic mass is 9.93. The highest BCUT2D eigenvalue weighted by atomic mass is 35.5. The van der Waals surface area contributed by atoms with E-state index in [1.54, 1.807) is 24.3 Å². The molecule has 0 atom stereocenters. The van der Waals surface area contributed by atoms with Gasteiger partial charge in [0.05, 0.1) is 15.6 Å². The Labute approximate surface area is 127 Å². The molecule has 0 unspecified atom stereocenters. The normalized spacial score (nSPS) is 11.4. The summed E-state index contributed by atoms with van der Waals surface area (Å²) in [6.45, 7) is 5.98. The lowest BCUT2D eigenvalue weighted by Gasteiger charge is -2.12. The summed E-state index contributed by atoms with van der Waals surface area (Å²) >= 11 is 11.9. The van der Waals surface area contributed by atoms with Crippen molar-refractivity contribution < 1.29 is 9.32 Å². The van der Waals surface area contributed by atoms with E-state index in [1.165, 1.54) is 0 Å². The number of rotatable bonds is 2. The number of aromatic nitrogens is 1. The van der Waals surface area contributed by atoms with Crippen molar-refractivity contribution in [3.63, 3.8) is 0 Å². The number of benzene rings is 1. The molecular weight excluding hydrogens is 299 g/mol. The van der Waals surface area contributed by atoms with Gasteiger partial charge in [0.15, 0.2) is 5.82 Å². The second kappa shape index (κ2) is 5.46. The van der Waals surface area contributed by atoms with E-state index in [4.69, 9.17) is 27.7 Å². The van der Waals surface area contributed by atoms with E-state index >= 15 is 0 Å². The van der Waals surface area contributed by atoms with Crippen LogP contribution in [0.4, 0.5) is 5.82 Å².